The molecule has 2 aromatic carbocycles. The summed E-state index contributed by atoms with van der Waals surface area (Å²) >= 11 is 0. The minimum Gasteiger partial charge on any atom is -0.464 e. The van der Waals surface area contributed by atoms with Crippen molar-refractivity contribution in [3.8, 4) is 11.5 Å². The number of nitrogens with one attached hydrogen (secondary N) is 1. The number of hydrogen-bond acceptors (Lipinski definition) is 4. The molecule has 5 nitrogen and oxygen atoms in total. The maximum atomic E-state index is 11.5. The molecule has 0 spiro atoms. The van der Waals surface area contributed by atoms with Crippen molar-refractivity contribution in [2.24, 2.45) is 0 Å². The monoisotopic (exact) mass is 297 g/mol. The molecule has 0 atom stereocenters. The van der Waals surface area contributed by atoms with Crippen LogP contribution in [0.5, 0.6) is 11.5 Å². The Morgan fingerprint density at radius 3 is 2.23 bits per heavy atom. The second kappa shape index (κ2) is 7.64. The first kappa shape index (κ1) is 15.3. The third-order valence-corrected chi connectivity index (χ3v) is 2.79. The van der Waals surface area contributed by atoms with Gasteiger partial charge in [0.05, 0.1) is 7.11 Å². The molecule has 0 bridgehead atoms. The van der Waals surface area contributed by atoms with Crippen LogP contribution in [0.1, 0.15) is 5.56 Å². The summed E-state index contributed by atoms with van der Waals surface area (Å²) in [6, 6.07) is 16.5. The Labute approximate surface area is 128 Å². The minimum absolute atomic E-state index is 0.0641. The highest BCUT2D eigenvalue weighted by atomic mass is 16.5. The zero-order valence-electron chi connectivity index (χ0n) is 12.0. The van der Waals surface area contributed by atoms with Crippen LogP contribution < -0.4 is 10.1 Å². The molecule has 0 aliphatic heterocycles. The van der Waals surface area contributed by atoms with Gasteiger partial charge in [-0.3, -0.25) is 4.79 Å². The molecule has 5 heteroatoms. The molecule has 112 valence electrons. The van der Waals surface area contributed by atoms with Crippen LogP contribution in [0.4, 0.5) is 0 Å². The van der Waals surface area contributed by atoms with E-state index in [9.17, 15) is 9.59 Å². The van der Waals surface area contributed by atoms with Gasteiger partial charge >= 0.3 is 5.97 Å². The van der Waals surface area contributed by atoms with Crippen molar-refractivity contribution in [1.29, 1.82) is 0 Å². The molecule has 0 fully saturated rings. The smallest absolute Gasteiger partial charge is 0.354 e. The van der Waals surface area contributed by atoms with E-state index >= 15 is 0 Å². The maximum absolute atomic E-state index is 11.5. The Morgan fingerprint density at radius 1 is 1.00 bits per heavy atom. The summed E-state index contributed by atoms with van der Waals surface area (Å²) in [5.41, 5.74) is 0.796. The molecule has 1 amide bonds. The molecule has 0 aliphatic carbocycles. The highest BCUT2D eigenvalue weighted by Gasteiger charge is 2.08. The number of hydrogen-bond donors (Lipinski definition) is 1. The number of esters is 1. The van der Waals surface area contributed by atoms with Gasteiger partial charge in [-0.05, 0) is 35.9 Å². The predicted octanol–water partition coefficient (Wildman–Crippen LogP) is 2.74. The van der Waals surface area contributed by atoms with Crippen molar-refractivity contribution < 1.29 is 19.1 Å². The summed E-state index contributed by atoms with van der Waals surface area (Å²) < 4.78 is 10.3. The van der Waals surface area contributed by atoms with E-state index in [4.69, 9.17) is 4.74 Å². The molecule has 0 aromatic heterocycles. The first-order chi connectivity index (χ1) is 10.7. The van der Waals surface area contributed by atoms with Gasteiger partial charge in [0, 0.05) is 0 Å². The van der Waals surface area contributed by atoms with Gasteiger partial charge in [-0.25, -0.2) is 4.79 Å². The molecule has 0 radical (unpaired) electrons. The fourth-order valence-electron chi connectivity index (χ4n) is 1.76. The number of methoxy groups -OCH3 is 1. The van der Waals surface area contributed by atoms with Gasteiger partial charge in [0.2, 0.25) is 6.41 Å². The topological polar surface area (TPSA) is 64.6 Å². The third-order valence-electron chi connectivity index (χ3n) is 2.79. The summed E-state index contributed by atoms with van der Waals surface area (Å²) in [5.74, 6) is 0.798. The van der Waals surface area contributed by atoms with E-state index < -0.39 is 5.97 Å². The van der Waals surface area contributed by atoms with Crippen molar-refractivity contribution in [3.63, 3.8) is 0 Å². The van der Waals surface area contributed by atoms with Crippen molar-refractivity contribution in [2.45, 2.75) is 0 Å². The van der Waals surface area contributed by atoms with Gasteiger partial charge in [0.1, 0.15) is 17.2 Å². The van der Waals surface area contributed by atoms with E-state index in [0.29, 0.717) is 12.2 Å². The van der Waals surface area contributed by atoms with E-state index in [1.807, 2.05) is 30.3 Å². The predicted molar refractivity (Wildman–Crippen MR) is 82.2 cm³/mol. The number of carbonyl (C=O) groups is 2. The molecular weight excluding hydrogens is 282 g/mol. The third kappa shape index (κ3) is 4.21. The van der Waals surface area contributed by atoms with Crippen LogP contribution in [-0.2, 0) is 14.3 Å². The normalized spacial score (nSPS) is 10.7. The second-order valence-electron chi connectivity index (χ2n) is 4.30. The van der Waals surface area contributed by atoms with E-state index in [2.05, 4.69) is 10.1 Å². The van der Waals surface area contributed by atoms with Gasteiger partial charge in [-0.2, -0.15) is 0 Å². The van der Waals surface area contributed by atoms with Gasteiger partial charge < -0.3 is 14.8 Å². The molecule has 0 saturated carbocycles. The van der Waals surface area contributed by atoms with Gasteiger partial charge in [-0.1, -0.05) is 30.3 Å². The summed E-state index contributed by atoms with van der Waals surface area (Å²) in [4.78, 5) is 22.0. The molecule has 0 unspecified atom stereocenters. The number of benzene rings is 2. The molecule has 0 saturated heterocycles. The number of para-hydroxylation sites is 1. The average molecular weight is 297 g/mol. The summed E-state index contributed by atoms with van der Waals surface area (Å²) in [7, 11) is 1.25. The van der Waals surface area contributed by atoms with E-state index in [-0.39, 0.29) is 5.70 Å². The van der Waals surface area contributed by atoms with Gasteiger partial charge in [0.25, 0.3) is 0 Å². The first-order valence-corrected chi connectivity index (χ1v) is 6.56. The van der Waals surface area contributed by atoms with Crippen molar-refractivity contribution in [2.75, 3.05) is 7.11 Å². The van der Waals surface area contributed by atoms with Crippen LogP contribution in [-0.4, -0.2) is 19.5 Å². The molecule has 1 N–H and O–H groups in total. The SMILES string of the molecule is COC(=O)/C(=C/c1ccc(Oc2ccccc2)cc1)NC=O. The van der Waals surface area contributed by atoms with Crippen LogP contribution in [0.15, 0.2) is 60.3 Å². The fraction of sp³-hybridized carbons (Fsp3) is 0.0588. The van der Waals surface area contributed by atoms with Crippen molar-refractivity contribution in [1.82, 2.24) is 5.32 Å². The highest BCUT2D eigenvalue weighted by molar-refractivity contribution is 5.95. The number of amides is 1. The summed E-state index contributed by atoms with van der Waals surface area (Å²) in [6.07, 6.45) is 1.95. The lowest BCUT2D eigenvalue weighted by Crippen LogP contribution is -2.19. The molecule has 0 aliphatic rings. The van der Waals surface area contributed by atoms with Crippen LogP contribution in [0.2, 0.25) is 0 Å². The quantitative estimate of drug-likeness (QED) is 0.506. The Morgan fingerprint density at radius 2 is 1.64 bits per heavy atom. The van der Waals surface area contributed by atoms with Crippen molar-refractivity contribution >= 4 is 18.5 Å². The minimum atomic E-state index is -0.614. The lowest BCUT2D eigenvalue weighted by atomic mass is 10.2. The van der Waals surface area contributed by atoms with Crippen LogP contribution in [0.25, 0.3) is 6.08 Å². The largest absolute Gasteiger partial charge is 0.464 e. The van der Waals surface area contributed by atoms with Crippen LogP contribution in [0, 0.1) is 0 Å². The lowest BCUT2D eigenvalue weighted by Gasteiger charge is -2.06. The summed E-state index contributed by atoms with van der Waals surface area (Å²) in [5, 5.41) is 2.31. The Hall–Kier alpha value is -3.08. The molecule has 0 heterocycles. The van der Waals surface area contributed by atoms with Gasteiger partial charge in [0.15, 0.2) is 0 Å². The first-order valence-electron chi connectivity index (χ1n) is 6.56. The Kier molecular flexibility index (Phi) is 5.31. The molecule has 22 heavy (non-hydrogen) atoms. The number of ether oxygens (including phenoxy) is 2. The van der Waals surface area contributed by atoms with Crippen molar-refractivity contribution in [3.05, 3.63) is 65.9 Å². The van der Waals surface area contributed by atoms with Crippen LogP contribution in [0.3, 0.4) is 0 Å². The molecule has 2 aromatic rings. The van der Waals surface area contributed by atoms with Gasteiger partial charge in [-0.15, -0.1) is 0 Å². The average Bonchev–Trinajstić information content (AvgIpc) is 2.56. The Bertz CT molecular complexity index is 663. The highest BCUT2D eigenvalue weighted by Crippen LogP contribution is 2.21. The second-order valence-corrected chi connectivity index (χ2v) is 4.30. The Balaban J connectivity index is 2.13. The standard InChI is InChI=1S/C17H15NO4/c1-21-17(20)16(18-12-19)11-13-7-9-15(10-8-13)22-14-5-3-2-4-6-14/h2-12H,1H3,(H,18,19)/b16-11-. The van der Waals surface area contributed by atoms with E-state index in [0.717, 1.165) is 11.3 Å². The molecule has 2 rings (SSSR count). The number of rotatable bonds is 6. The number of carbonyl (C=O) groups excluding carboxylic acids is 2. The van der Waals surface area contributed by atoms with E-state index in [1.165, 1.54) is 13.2 Å². The fourth-order valence-corrected chi connectivity index (χ4v) is 1.76. The lowest BCUT2D eigenvalue weighted by molar-refractivity contribution is -0.137. The zero-order chi connectivity index (χ0) is 15.8. The molecular formula is C17H15NO4. The maximum Gasteiger partial charge on any atom is 0.354 e. The van der Waals surface area contributed by atoms with Crippen LogP contribution >= 0.6 is 0 Å². The van der Waals surface area contributed by atoms with E-state index in [1.54, 1.807) is 24.3 Å². The zero-order valence-corrected chi connectivity index (χ0v) is 12.0. The summed E-state index contributed by atoms with van der Waals surface area (Å²) in [6.45, 7) is 0.